The molecule has 1 saturated heterocycles. The van der Waals surface area contributed by atoms with Gasteiger partial charge in [-0.1, -0.05) is 24.3 Å². The molecule has 0 aliphatic carbocycles. The van der Waals surface area contributed by atoms with Gasteiger partial charge in [-0.25, -0.2) is 0 Å². The minimum absolute atomic E-state index is 0.0702. The molecule has 0 saturated carbocycles. The summed E-state index contributed by atoms with van der Waals surface area (Å²) in [7, 11) is 3.48. The first-order valence-corrected chi connectivity index (χ1v) is 9.26. The van der Waals surface area contributed by atoms with Crippen molar-refractivity contribution in [1.82, 2.24) is 20.0 Å². The molecule has 7 nitrogen and oxygen atoms in total. The molecule has 2 amide bonds. The van der Waals surface area contributed by atoms with Crippen LogP contribution in [0.1, 0.15) is 24.0 Å². The minimum atomic E-state index is -0.747. The van der Waals surface area contributed by atoms with Crippen LogP contribution in [0.25, 0.3) is 0 Å². The Kier molecular flexibility index (Phi) is 5.48. The van der Waals surface area contributed by atoms with Crippen LogP contribution in [-0.4, -0.2) is 52.2 Å². The minimum Gasteiger partial charge on any atom is -0.357 e. The number of nitrogens with one attached hydrogen (secondary N) is 2. The highest BCUT2D eigenvalue weighted by atomic mass is 16.2. The summed E-state index contributed by atoms with van der Waals surface area (Å²) in [4.78, 5) is 27.2. The highest BCUT2D eigenvalue weighted by molar-refractivity contribution is 5.89. The molecule has 2 heterocycles. The van der Waals surface area contributed by atoms with Crippen LogP contribution in [0.3, 0.4) is 0 Å². The van der Waals surface area contributed by atoms with Gasteiger partial charge in [0.05, 0.1) is 6.42 Å². The zero-order chi connectivity index (χ0) is 19.4. The zero-order valence-corrected chi connectivity index (χ0v) is 16.2. The third kappa shape index (κ3) is 4.13. The monoisotopic (exact) mass is 369 g/mol. The van der Waals surface area contributed by atoms with Crippen LogP contribution in [0, 0.1) is 6.92 Å². The fraction of sp³-hybridized carbons (Fsp3) is 0.450. The second-order valence-corrected chi connectivity index (χ2v) is 7.14. The van der Waals surface area contributed by atoms with Gasteiger partial charge in [0, 0.05) is 39.4 Å². The van der Waals surface area contributed by atoms with E-state index in [1.54, 1.807) is 11.7 Å². The van der Waals surface area contributed by atoms with Crippen molar-refractivity contribution in [1.29, 1.82) is 0 Å². The van der Waals surface area contributed by atoms with E-state index in [-0.39, 0.29) is 11.8 Å². The first-order chi connectivity index (χ1) is 12.9. The Labute approximate surface area is 159 Å². The van der Waals surface area contributed by atoms with Crippen LogP contribution in [0.5, 0.6) is 0 Å². The molecule has 0 atom stereocenters. The Morgan fingerprint density at radius 1 is 1.19 bits per heavy atom. The lowest BCUT2D eigenvalue weighted by Gasteiger charge is -2.41. The zero-order valence-electron chi connectivity index (χ0n) is 16.2. The van der Waals surface area contributed by atoms with Crippen molar-refractivity contribution in [3.05, 3.63) is 47.7 Å². The van der Waals surface area contributed by atoms with Gasteiger partial charge in [0.25, 0.3) is 0 Å². The highest BCUT2D eigenvalue weighted by Crippen LogP contribution is 2.27. The molecule has 0 unspecified atom stereocenters. The quantitative estimate of drug-likeness (QED) is 0.837. The van der Waals surface area contributed by atoms with Crippen molar-refractivity contribution < 1.29 is 9.59 Å². The Morgan fingerprint density at radius 2 is 1.89 bits per heavy atom. The maximum Gasteiger partial charge on any atom is 0.245 e. The summed E-state index contributed by atoms with van der Waals surface area (Å²) < 4.78 is 1.70. The van der Waals surface area contributed by atoms with E-state index in [1.165, 1.54) is 0 Å². The standard InChI is InChI=1S/C20H27N5O2/c1-15-6-4-5-7-16(15)14-18(26)25-12-9-20(10-13-25,19(27)21-2)22-17-8-11-24(3)23-17/h4-8,11H,9-10,12-14H2,1-3H3,(H,21,27)(H,22,23). The van der Waals surface area contributed by atoms with Crippen molar-refractivity contribution in [2.24, 2.45) is 7.05 Å². The van der Waals surface area contributed by atoms with Crippen LogP contribution < -0.4 is 10.6 Å². The normalized spacial score (nSPS) is 16.0. The number of amides is 2. The fourth-order valence-electron chi connectivity index (χ4n) is 3.60. The number of carbonyl (C=O) groups excluding carboxylic acids is 2. The molecule has 1 aliphatic rings. The van der Waals surface area contributed by atoms with Gasteiger partial charge in [0.1, 0.15) is 11.4 Å². The predicted octanol–water partition coefficient (Wildman–Crippen LogP) is 1.49. The number of aromatic nitrogens is 2. The van der Waals surface area contributed by atoms with Gasteiger partial charge in [0.15, 0.2) is 0 Å². The summed E-state index contributed by atoms with van der Waals surface area (Å²) in [6.07, 6.45) is 3.32. The number of likely N-dealkylation sites (N-methyl/N-ethyl adjacent to an activating group) is 1. The molecule has 0 radical (unpaired) electrons. The summed E-state index contributed by atoms with van der Waals surface area (Å²) in [5.74, 6) is 0.701. The van der Waals surface area contributed by atoms with Crippen molar-refractivity contribution in [2.75, 3.05) is 25.5 Å². The highest BCUT2D eigenvalue weighted by Gasteiger charge is 2.42. The number of nitrogens with zero attached hydrogens (tertiary/aromatic N) is 3. The van der Waals surface area contributed by atoms with E-state index in [4.69, 9.17) is 0 Å². The molecule has 27 heavy (non-hydrogen) atoms. The first-order valence-electron chi connectivity index (χ1n) is 9.26. The summed E-state index contributed by atoms with van der Waals surface area (Å²) >= 11 is 0. The third-order valence-corrected chi connectivity index (χ3v) is 5.32. The van der Waals surface area contributed by atoms with E-state index in [0.29, 0.717) is 38.2 Å². The number of carbonyl (C=O) groups is 2. The molecular weight excluding hydrogens is 342 g/mol. The summed E-state index contributed by atoms with van der Waals surface area (Å²) in [5, 5.41) is 10.4. The van der Waals surface area contributed by atoms with Gasteiger partial charge in [-0.15, -0.1) is 0 Å². The van der Waals surface area contributed by atoms with Gasteiger partial charge in [-0.3, -0.25) is 14.3 Å². The van der Waals surface area contributed by atoms with Crippen LogP contribution in [-0.2, 0) is 23.1 Å². The second-order valence-electron chi connectivity index (χ2n) is 7.14. The van der Waals surface area contributed by atoms with E-state index in [1.807, 2.05) is 55.4 Å². The first kappa shape index (κ1) is 18.9. The van der Waals surface area contributed by atoms with Gasteiger partial charge in [-0.2, -0.15) is 5.10 Å². The molecule has 2 N–H and O–H groups in total. The molecule has 0 spiro atoms. The maximum atomic E-state index is 12.7. The Hall–Kier alpha value is -2.83. The van der Waals surface area contributed by atoms with Gasteiger partial charge < -0.3 is 15.5 Å². The van der Waals surface area contributed by atoms with E-state index in [0.717, 1.165) is 11.1 Å². The summed E-state index contributed by atoms with van der Waals surface area (Å²) in [5.41, 5.74) is 1.43. The van der Waals surface area contributed by atoms with E-state index >= 15 is 0 Å². The third-order valence-electron chi connectivity index (χ3n) is 5.32. The summed E-state index contributed by atoms with van der Waals surface area (Å²) in [6.45, 7) is 3.10. The molecule has 1 aromatic heterocycles. The molecule has 7 heteroatoms. The number of anilines is 1. The number of hydrogen-bond donors (Lipinski definition) is 2. The molecule has 1 fully saturated rings. The number of aryl methyl sites for hydroxylation is 2. The van der Waals surface area contributed by atoms with Gasteiger partial charge >= 0.3 is 0 Å². The van der Waals surface area contributed by atoms with Crippen LogP contribution in [0.15, 0.2) is 36.5 Å². The fourth-order valence-corrected chi connectivity index (χ4v) is 3.60. The van der Waals surface area contributed by atoms with Crippen LogP contribution in [0.4, 0.5) is 5.82 Å². The number of benzene rings is 1. The smallest absolute Gasteiger partial charge is 0.245 e. The number of likely N-dealkylation sites (tertiary alicyclic amines) is 1. The largest absolute Gasteiger partial charge is 0.357 e. The number of piperidine rings is 1. The van der Waals surface area contributed by atoms with E-state index in [2.05, 4.69) is 15.7 Å². The van der Waals surface area contributed by atoms with Gasteiger partial charge in [0.2, 0.25) is 11.8 Å². The van der Waals surface area contributed by atoms with Crippen LogP contribution in [0.2, 0.25) is 0 Å². The lowest BCUT2D eigenvalue weighted by molar-refractivity contribution is -0.135. The second kappa shape index (κ2) is 7.82. The van der Waals surface area contributed by atoms with Gasteiger partial charge in [-0.05, 0) is 30.9 Å². The maximum absolute atomic E-state index is 12.7. The lowest BCUT2D eigenvalue weighted by Crippen LogP contribution is -2.58. The summed E-state index contributed by atoms with van der Waals surface area (Å²) in [6, 6.07) is 9.80. The Morgan fingerprint density at radius 3 is 2.48 bits per heavy atom. The van der Waals surface area contributed by atoms with E-state index < -0.39 is 5.54 Å². The Balaban J connectivity index is 1.67. The number of rotatable bonds is 5. The van der Waals surface area contributed by atoms with Crippen molar-refractivity contribution in [2.45, 2.75) is 31.7 Å². The Bertz CT molecular complexity index is 821. The average molecular weight is 369 g/mol. The SMILES string of the molecule is CNC(=O)C1(Nc2ccn(C)n2)CCN(C(=O)Cc2ccccc2C)CC1. The van der Waals surface area contributed by atoms with Crippen molar-refractivity contribution in [3.8, 4) is 0 Å². The van der Waals surface area contributed by atoms with E-state index in [9.17, 15) is 9.59 Å². The molecule has 0 bridgehead atoms. The molecular formula is C20H27N5O2. The topological polar surface area (TPSA) is 79.3 Å². The van der Waals surface area contributed by atoms with Crippen molar-refractivity contribution in [3.63, 3.8) is 0 Å². The number of hydrogen-bond acceptors (Lipinski definition) is 4. The average Bonchev–Trinajstić information content (AvgIpc) is 3.07. The van der Waals surface area contributed by atoms with Crippen LogP contribution >= 0.6 is 0 Å². The van der Waals surface area contributed by atoms with Crippen molar-refractivity contribution >= 4 is 17.6 Å². The molecule has 3 rings (SSSR count). The predicted molar refractivity (Wildman–Crippen MR) is 104 cm³/mol. The molecule has 144 valence electrons. The molecule has 1 aliphatic heterocycles. The molecule has 2 aromatic rings. The lowest BCUT2D eigenvalue weighted by atomic mass is 9.86. The molecule has 1 aromatic carbocycles.